The predicted molar refractivity (Wildman–Crippen MR) is 50.8 cm³/mol. The molecule has 0 amide bonds. The molecule has 6 heteroatoms. The lowest BCUT2D eigenvalue weighted by molar-refractivity contribution is 0.0695. The van der Waals surface area contributed by atoms with E-state index in [4.69, 9.17) is 16.7 Å². The van der Waals surface area contributed by atoms with E-state index in [2.05, 4.69) is 4.98 Å². The highest BCUT2D eigenvalue weighted by atomic mass is 35.5. The molecule has 0 aromatic carbocycles. The fourth-order valence-corrected chi connectivity index (χ4v) is 1.63. The minimum atomic E-state index is -1.28. The van der Waals surface area contributed by atoms with Gasteiger partial charge in [-0.05, 0) is 12.3 Å². The van der Waals surface area contributed by atoms with E-state index in [-0.39, 0.29) is 10.6 Å². The van der Waals surface area contributed by atoms with Crippen molar-refractivity contribution in [2.24, 2.45) is 0 Å². The Labute approximate surface area is 82.9 Å². The van der Waals surface area contributed by atoms with Gasteiger partial charge in [0, 0.05) is 0 Å². The Morgan fingerprint density at radius 3 is 2.77 bits per heavy atom. The molecule has 1 aromatic rings. The van der Waals surface area contributed by atoms with Crippen LogP contribution in [-0.4, -0.2) is 22.3 Å². The van der Waals surface area contributed by atoms with Crippen LogP contribution in [-0.2, 0) is 0 Å². The molecule has 0 aliphatic rings. The minimum absolute atomic E-state index is 0.240. The van der Waals surface area contributed by atoms with E-state index in [9.17, 15) is 9.59 Å². The van der Waals surface area contributed by atoms with Crippen LogP contribution in [0.2, 0.25) is 5.02 Å². The van der Waals surface area contributed by atoms with Crippen LogP contribution in [0.3, 0.4) is 0 Å². The number of hydrogen-bond donors (Lipinski definition) is 2. The van der Waals surface area contributed by atoms with Crippen LogP contribution in [0.15, 0.2) is 15.9 Å². The number of carboxylic acids is 1. The van der Waals surface area contributed by atoms with Gasteiger partial charge in [-0.15, -0.1) is 11.8 Å². The van der Waals surface area contributed by atoms with Crippen molar-refractivity contribution in [3.8, 4) is 0 Å². The van der Waals surface area contributed by atoms with E-state index in [1.54, 1.807) is 6.26 Å². The lowest BCUT2D eigenvalue weighted by Gasteiger charge is -2.00. The Kier molecular flexibility index (Phi) is 3.00. The fraction of sp³-hybridized carbons (Fsp3) is 0.143. The number of carbonyl (C=O) groups is 1. The van der Waals surface area contributed by atoms with Crippen molar-refractivity contribution in [3.63, 3.8) is 0 Å². The Balaban J connectivity index is 3.37. The smallest absolute Gasteiger partial charge is 0.341 e. The first-order valence-corrected chi connectivity index (χ1v) is 4.86. The molecule has 4 nitrogen and oxygen atoms in total. The molecule has 0 bridgehead atoms. The number of pyridine rings is 1. The van der Waals surface area contributed by atoms with E-state index in [1.165, 1.54) is 11.8 Å². The van der Waals surface area contributed by atoms with Crippen LogP contribution in [0, 0.1) is 0 Å². The van der Waals surface area contributed by atoms with Gasteiger partial charge >= 0.3 is 5.97 Å². The van der Waals surface area contributed by atoms with Crippen LogP contribution in [0.25, 0.3) is 0 Å². The normalized spacial score (nSPS) is 10.0. The third kappa shape index (κ3) is 2.05. The Bertz CT molecular complexity index is 401. The zero-order valence-corrected chi connectivity index (χ0v) is 8.20. The van der Waals surface area contributed by atoms with Gasteiger partial charge in [0.25, 0.3) is 5.56 Å². The number of nitrogens with one attached hydrogen (secondary N) is 1. The summed E-state index contributed by atoms with van der Waals surface area (Å²) in [5.74, 6) is -1.28. The number of carboxylic acid groups (broad SMARTS) is 1. The molecule has 70 valence electrons. The third-order valence-corrected chi connectivity index (χ3v) is 2.53. The summed E-state index contributed by atoms with van der Waals surface area (Å²) in [4.78, 5) is 23.9. The third-order valence-electron chi connectivity index (χ3n) is 1.39. The highest BCUT2D eigenvalue weighted by molar-refractivity contribution is 7.98. The Morgan fingerprint density at radius 1 is 1.69 bits per heavy atom. The number of hydrogen-bond acceptors (Lipinski definition) is 3. The molecular weight excluding hydrogens is 214 g/mol. The summed E-state index contributed by atoms with van der Waals surface area (Å²) >= 11 is 6.94. The van der Waals surface area contributed by atoms with Crippen molar-refractivity contribution in [1.29, 1.82) is 0 Å². The van der Waals surface area contributed by atoms with Crippen molar-refractivity contribution in [2.45, 2.75) is 5.03 Å². The molecule has 0 radical (unpaired) electrons. The maximum absolute atomic E-state index is 11.1. The maximum atomic E-state index is 11.1. The number of thioether (sulfide) groups is 1. The largest absolute Gasteiger partial charge is 0.477 e. The number of aromatic nitrogens is 1. The Hall–Kier alpha value is -0.940. The molecule has 0 aliphatic carbocycles. The summed E-state index contributed by atoms with van der Waals surface area (Å²) in [6.45, 7) is 0. The topological polar surface area (TPSA) is 70.2 Å². The van der Waals surface area contributed by atoms with Crippen molar-refractivity contribution < 1.29 is 9.90 Å². The number of rotatable bonds is 2. The predicted octanol–water partition coefficient (Wildman–Crippen LogP) is 1.45. The molecule has 0 saturated heterocycles. The summed E-state index contributed by atoms with van der Waals surface area (Å²) in [5.41, 5.74) is -0.982. The summed E-state index contributed by atoms with van der Waals surface area (Å²) in [6, 6.07) is 1.15. The Morgan fingerprint density at radius 2 is 2.31 bits per heavy atom. The first kappa shape index (κ1) is 10.1. The zero-order valence-electron chi connectivity index (χ0n) is 6.63. The van der Waals surface area contributed by atoms with E-state index in [1.807, 2.05) is 0 Å². The molecule has 1 heterocycles. The van der Waals surface area contributed by atoms with Crippen molar-refractivity contribution in [2.75, 3.05) is 6.26 Å². The zero-order chi connectivity index (χ0) is 10.0. The number of H-pyrrole nitrogens is 1. The minimum Gasteiger partial charge on any atom is -0.477 e. The number of aromatic carboxylic acids is 1. The molecule has 0 spiro atoms. The second-order valence-corrected chi connectivity index (χ2v) is 3.42. The molecule has 0 atom stereocenters. The first-order chi connectivity index (χ1) is 6.06. The van der Waals surface area contributed by atoms with Crippen molar-refractivity contribution in [3.05, 3.63) is 27.0 Å². The fourth-order valence-electron chi connectivity index (χ4n) is 0.795. The van der Waals surface area contributed by atoms with Crippen LogP contribution < -0.4 is 5.56 Å². The summed E-state index contributed by atoms with van der Waals surface area (Å²) in [7, 11) is 0. The van der Waals surface area contributed by atoms with Gasteiger partial charge in [-0.1, -0.05) is 11.6 Å². The van der Waals surface area contributed by atoms with E-state index >= 15 is 0 Å². The average Bonchev–Trinajstić information content (AvgIpc) is 2.07. The SMILES string of the molecule is CSc1[nH]c(=O)c(C(=O)O)cc1Cl. The highest BCUT2D eigenvalue weighted by Crippen LogP contribution is 2.21. The van der Waals surface area contributed by atoms with Crippen LogP contribution in [0.5, 0.6) is 0 Å². The van der Waals surface area contributed by atoms with E-state index < -0.39 is 11.5 Å². The van der Waals surface area contributed by atoms with Crippen LogP contribution >= 0.6 is 23.4 Å². The summed E-state index contributed by atoms with van der Waals surface area (Å²) in [6.07, 6.45) is 1.73. The van der Waals surface area contributed by atoms with Gasteiger partial charge in [0.2, 0.25) is 0 Å². The summed E-state index contributed by atoms with van der Waals surface area (Å²) in [5, 5.41) is 9.28. The highest BCUT2D eigenvalue weighted by Gasteiger charge is 2.11. The van der Waals surface area contributed by atoms with Gasteiger partial charge in [0.1, 0.15) is 5.56 Å². The lowest BCUT2D eigenvalue weighted by atomic mass is 10.3. The molecule has 1 aromatic heterocycles. The molecule has 0 fully saturated rings. The molecule has 2 N–H and O–H groups in total. The quantitative estimate of drug-likeness (QED) is 0.739. The monoisotopic (exact) mass is 219 g/mol. The van der Waals surface area contributed by atoms with E-state index in [0.717, 1.165) is 6.07 Å². The molecule has 13 heavy (non-hydrogen) atoms. The maximum Gasteiger partial charge on any atom is 0.341 e. The molecule has 0 unspecified atom stereocenters. The van der Waals surface area contributed by atoms with Crippen LogP contribution in [0.4, 0.5) is 0 Å². The van der Waals surface area contributed by atoms with Gasteiger partial charge in [-0.3, -0.25) is 4.79 Å². The van der Waals surface area contributed by atoms with E-state index in [0.29, 0.717) is 5.03 Å². The van der Waals surface area contributed by atoms with Crippen LogP contribution in [0.1, 0.15) is 10.4 Å². The summed E-state index contributed by atoms with van der Waals surface area (Å²) < 4.78 is 0. The standard InChI is InChI=1S/C7H6ClNO3S/c1-13-6-4(8)2-3(7(11)12)5(10)9-6/h2H,1H3,(H,9,10)(H,11,12). The van der Waals surface area contributed by atoms with Crippen molar-refractivity contribution >= 4 is 29.3 Å². The van der Waals surface area contributed by atoms with Gasteiger partial charge in [0.05, 0.1) is 10.0 Å². The first-order valence-electron chi connectivity index (χ1n) is 3.26. The molecule has 0 aliphatic heterocycles. The van der Waals surface area contributed by atoms with Gasteiger partial charge in [0.15, 0.2) is 0 Å². The molecule has 1 rings (SSSR count). The lowest BCUT2D eigenvalue weighted by Crippen LogP contribution is -2.17. The number of halogens is 1. The average molecular weight is 220 g/mol. The number of aromatic amines is 1. The molecule has 0 saturated carbocycles. The van der Waals surface area contributed by atoms with Gasteiger partial charge in [-0.2, -0.15) is 0 Å². The molecular formula is C7H6ClNO3S. The second-order valence-electron chi connectivity index (χ2n) is 2.20. The van der Waals surface area contributed by atoms with Gasteiger partial charge < -0.3 is 10.1 Å². The van der Waals surface area contributed by atoms with Crippen molar-refractivity contribution in [1.82, 2.24) is 4.98 Å². The second kappa shape index (κ2) is 3.85. The van der Waals surface area contributed by atoms with Gasteiger partial charge in [-0.25, -0.2) is 4.79 Å².